The average molecular weight is 282 g/mol. The highest BCUT2D eigenvalue weighted by molar-refractivity contribution is 7.56. The summed E-state index contributed by atoms with van der Waals surface area (Å²) in [6, 6.07) is 0. The standard InChI is InChI=1S/C16H31N2P/c1-3-16(4-2)15-19(17-11-7-5-8-12-17)18-13-9-6-10-14-18/h15H,3-14H2,1-2H3. The van der Waals surface area contributed by atoms with E-state index in [-0.39, 0.29) is 8.22 Å². The number of hydrogen-bond acceptors (Lipinski definition) is 2. The van der Waals surface area contributed by atoms with Crippen molar-refractivity contribution >= 4 is 8.22 Å². The molecule has 2 fully saturated rings. The molecule has 2 aliphatic heterocycles. The Morgan fingerprint density at radius 3 is 1.58 bits per heavy atom. The SMILES string of the molecule is CCC(=CP(N1CCCCC1)N1CCCCC1)CC. The van der Waals surface area contributed by atoms with Crippen molar-refractivity contribution in [3.05, 3.63) is 11.4 Å². The molecule has 0 N–H and O–H groups in total. The highest BCUT2D eigenvalue weighted by Crippen LogP contribution is 2.49. The minimum absolute atomic E-state index is 0.143. The quantitative estimate of drug-likeness (QED) is 0.657. The van der Waals surface area contributed by atoms with Gasteiger partial charge in [0.15, 0.2) is 0 Å². The number of rotatable bonds is 5. The molecule has 2 aliphatic rings. The molecule has 3 heteroatoms. The first-order valence-electron chi connectivity index (χ1n) is 8.33. The zero-order chi connectivity index (χ0) is 13.5. The van der Waals surface area contributed by atoms with Crippen LogP contribution in [0.3, 0.4) is 0 Å². The fourth-order valence-corrected chi connectivity index (χ4v) is 5.86. The summed E-state index contributed by atoms with van der Waals surface area (Å²) in [5, 5.41) is 0. The summed E-state index contributed by atoms with van der Waals surface area (Å²) in [6.45, 7) is 9.96. The van der Waals surface area contributed by atoms with Gasteiger partial charge in [-0.2, -0.15) is 0 Å². The molecule has 0 bridgehead atoms. The maximum atomic E-state index is 2.80. The first kappa shape index (κ1) is 15.5. The zero-order valence-electron chi connectivity index (χ0n) is 12.9. The second-order valence-corrected chi connectivity index (χ2v) is 7.87. The van der Waals surface area contributed by atoms with Crippen LogP contribution in [0.5, 0.6) is 0 Å². The first-order chi connectivity index (χ1) is 9.35. The predicted molar refractivity (Wildman–Crippen MR) is 86.4 cm³/mol. The van der Waals surface area contributed by atoms with Crippen molar-refractivity contribution in [3.8, 4) is 0 Å². The molecular weight excluding hydrogens is 251 g/mol. The number of hydrogen-bond donors (Lipinski definition) is 0. The molecular formula is C16H31N2P. The van der Waals surface area contributed by atoms with Crippen molar-refractivity contribution in [3.63, 3.8) is 0 Å². The topological polar surface area (TPSA) is 6.48 Å². The number of piperidine rings is 2. The van der Waals surface area contributed by atoms with Gasteiger partial charge in [-0.3, -0.25) is 9.34 Å². The predicted octanol–water partition coefficient (Wildman–Crippen LogP) is 4.97. The molecule has 0 atom stereocenters. The van der Waals surface area contributed by atoms with Gasteiger partial charge in [0.25, 0.3) is 0 Å². The smallest absolute Gasteiger partial charge is 0.0647 e. The van der Waals surface area contributed by atoms with E-state index in [0.29, 0.717) is 0 Å². The molecule has 0 aromatic carbocycles. The monoisotopic (exact) mass is 282 g/mol. The summed E-state index contributed by atoms with van der Waals surface area (Å²) in [4.78, 5) is 0. The molecule has 110 valence electrons. The molecule has 0 radical (unpaired) electrons. The molecule has 0 aromatic heterocycles. The maximum absolute atomic E-state index is 2.80. The Morgan fingerprint density at radius 2 is 1.21 bits per heavy atom. The second-order valence-electron chi connectivity index (χ2n) is 5.84. The molecule has 2 nitrogen and oxygen atoms in total. The second kappa shape index (κ2) is 8.39. The molecule has 0 saturated carbocycles. The molecule has 0 aromatic rings. The fourth-order valence-electron chi connectivity index (χ4n) is 3.10. The van der Waals surface area contributed by atoms with E-state index in [0.717, 1.165) is 0 Å². The van der Waals surface area contributed by atoms with Crippen molar-refractivity contribution in [2.24, 2.45) is 0 Å². The van der Waals surface area contributed by atoms with E-state index in [1.54, 1.807) is 5.57 Å². The van der Waals surface area contributed by atoms with Crippen LogP contribution >= 0.6 is 8.22 Å². The summed E-state index contributed by atoms with van der Waals surface area (Å²) in [5.41, 5.74) is 1.67. The molecule has 2 heterocycles. The van der Waals surface area contributed by atoms with Crippen molar-refractivity contribution in [1.82, 2.24) is 9.34 Å². The van der Waals surface area contributed by atoms with Gasteiger partial charge in [-0.25, -0.2) is 0 Å². The third-order valence-electron chi connectivity index (χ3n) is 4.45. The van der Waals surface area contributed by atoms with Gasteiger partial charge in [0.1, 0.15) is 0 Å². The van der Waals surface area contributed by atoms with Crippen molar-refractivity contribution < 1.29 is 0 Å². The van der Waals surface area contributed by atoms with Crippen molar-refractivity contribution in [2.45, 2.75) is 65.2 Å². The number of allylic oxidation sites excluding steroid dienone is 1. The molecule has 0 amide bonds. The maximum Gasteiger partial charge on any atom is 0.0647 e. The molecule has 2 rings (SSSR count). The summed E-state index contributed by atoms with van der Waals surface area (Å²) < 4.78 is 5.60. The molecule has 0 spiro atoms. The Labute approximate surface area is 121 Å². The summed E-state index contributed by atoms with van der Waals surface area (Å²) in [6.07, 6.45) is 11.0. The van der Waals surface area contributed by atoms with Gasteiger partial charge in [-0.1, -0.05) is 32.3 Å². The van der Waals surface area contributed by atoms with Crippen LogP contribution in [0.1, 0.15) is 65.2 Å². The van der Waals surface area contributed by atoms with Gasteiger partial charge in [0, 0.05) is 26.2 Å². The third kappa shape index (κ3) is 4.55. The summed E-state index contributed by atoms with van der Waals surface area (Å²) in [7, 11) is -0.143. The molecule has 2 saturated heterocycles. The van der Waals surface area contributed by atoms with Gasteiger partial charge in [0.2, 0.25) is 0 Å². The lowest BCUT2D eigenvalue weighted by Gasteiger charge is -2.41. The minimum atomic E-state index is -0.143. The van der Waals surface area contributed by atoms with Gasteiger partial charge >= 0.3 is 0 Å². The lowest BCUT2D eigenvalue weighted by molar-refractivity contribution is 0.314. The van der Waals surface area contributed by atoms with E-state index < -0.39 is 0 Å². The number of nitrogens with zero attached hydrogens (tertiary/aromatic N) is 2. The van der Waals surface area contributed by atoms with Crippen molar-refractivity contribution in [1.29, 1.82) is 0 Å². The van der Waals surface area contributed by atoms with Crippen LogP contribution in [0.15, 0.2) is 11.4 Å². The lowest BCUT2D eigenvalue weighted by Crippen LogP contribution is -2.34. The zero-order valence-corrected chi connectivity index (χ0v) is 13.8. The Bertz CT molecular complexity index is 254. The normalized spacial score (nSPS) is 22.7. The third-order valence-corrected chi connectivity index (χ3v) is 7.01. The van der Waals surface area contributed by atoms with Gasteiger partial charge in [-0.15, -0.1) is 0 Å². The van der Waals surface area contributed by atoms with Crippen LogP contribution in [0.2, 0.25) is 0 Å². The first-order valence-corrected chi connectivity index (χ1v) is 9.65. The Hall–Kier alpha value is 0.0900. The van der Waals surface area contributed by atoms with Crippen LogP contribution in [-0.2, 0) is 0 Å². The van der Waals surface area contributed by atoms with Crippen LogP contribution in [-0.4, -0.2) is 35.5 Å². The minimum Gasteiger partial charge on any atom is -0.267 e. The molecule has 0 aliphatic carbocycles. The highest BCUT2D eigenvalue weighted by Gasteiger charge is 2.26. The summed E-state index contributed by atoms with van der Waals surface area (Å²) in [5.74, 6) is 2.66. The van der Waals surface area contributed by atoms with Crippen LogP contribution in [0.25, 0.3) is 0 Å². The molecule has 19 heavy (non-hydrogen) atoms. The van der Waals surface area contributed by atoms with Gasteiger partial charge < -0.3 is 0 Å². The van der Waals surface area contributed by atoms with E-state index in [2.05, 4.69) is 29.0 Å². The summed E-state index contributed by atoms with van der Waals surface area (Å²) >= 11 is 0. The van der Waals surface area contributed by atoms with E-state index in [1.807, 2.05) is 0 Å². The van der Waals surface area contributed by atoms with E-state index in [9.17, 15) is 0 Å². The average Bonchev–Trinajstić information content (AvgIpc) is 2.50. The highest BCUT2D eigenvalue weighted by atomic mass is 31.1. The Morgan fingerprint density at radius 1 is 0.789 bits per heavy atom. The van der Waals surface area contributed by atoms with E-state index in [4.69, 9.17) is 0 Å². The lowest BCUT2D eigenvalue weighted by atomic mass is 10.2. The Balaban J connectivity index is 2.08. The van der Waals surface area contributed by atoms with Gasteiger partial charge in [-0.05, 0) is 44.3 Å². The molecule has 0 unspecified atom stereocenters. The van der Waals surface area contributed by atoms with E-state index in [1.165, 1.54) is 77.5 Å². The Kier molecular flexibility index (Phi) is 6.84. The van der Waals surface area contributed by atoms with Crippen molar-refractivity contribution in [2.75, 3.05) is 26.2 Å². The fraction of sp³-hybridized carbons (Fsp3) is 0.875. The van der Waals surface area contributed by atoms with E-state index >= 15 is 0 Å². The van der Waals surface area contributed by atoms with Crippen LogP contribution in [0, 0.1) is 0 Å². The largest absolute Gasteiger partial charge is 0.267 e. The van der Waals surface area contributed by atoms with Gasteiger partial charge in [0.05, 0.1) is 8.22 Å². The van der Waals surface area contributed by atoms with Crippen LogP contribution in [0.4, 0.5) is 0 Å². The van der Waals surface area contributed by atoms with Crippen LogP contribution < -0.4 is 0 Å².